The third kappa shape index (κ3) is 6.10. The van der Waals surface area contributed by atoms with Crippen LogP contribution in [0.4, 0.5) is 0 Å². The maximum Gasteiger partial charge on any atom is 0.344 e. The van der Waals surface area contributed by atoms with Gasteiger partial charge in [-0.3, -0.25) is 0 Å². The van der Waals surface area contributed by atoms with Gasteiger partial charge in [0, 0.05) is 17.5 Å². The van der Waals surface area contributed by atoms with E-state index in [1.165, 1.54) is 0 Å². The first-order valence-electron chi connectivity index (χ1n) is 12.2. The summed E-state index contributed by atoms with van der Waals surface area (Å²) in [7, 11) is 0. The zero-order valence-electron chi connectivity index (χ0n) is 20.8. The van der Waals surface area contributed by atoms with E-state index in [4.69, 9.17) is 14.5 Å². The highest BCUT2D eigenvalue weighted by atomic mass is 16.6. The van der Waals surface area contributed by atoms with Crippen LogP contribution < -0.4 is 4.74 Å². The van der Waals surface area contributed by atoms with Gasteiger partial charge in [-0.25, -0.2) is 14.9 Å². The Morgan fingerprint density at radius 1 is 1.00 bits per heavy atom. The topological polar surface area (TPSA) is 116 Å². The first kappa shape index (κ1) is 25.0. The Labute approximate surface area is 210 Å². The number of aryl methyl sites for hydroxylation is 2. The van der Waals surface area contributed by atoms with Crippen molar-refractivity contribution in [3.05, 3.63) is 71.2 Å². The van der Waals surface area contributed by atoms with Crippen molar-refractivity contribution in [2.24, 2.45) is 0 Å². The molecule has 2 aromatic carbocycles. The number of hydrogen-bond acceptors (Lipinski definition) is 8. The van der Waals surface area contributed by atoms with Gasteiger partial charge in [0.05, 0.1) is 12.3 Å². The normalized spacial score (nSPS) is 10.9. The van der Waals surface area contributed by atoms with Crippen LogP contribution in [0.5, 0.6) is 5.88 Å². The van der Waals surface area contributed by atoms with E-state index in [9.17, 15) is 4.79 Å². The zero-order valence-corrected chi connectivity index (χ0v) is 20.8. The Hall–Kier alpha value is -4.14. The largest absolute Gasteiger partial charge is 0.465 e. The number of aromatic amines is 1. The minimum atomic E-state index is -0.417. The predicted octanol–water partition coefficient (Wildman–Crippen LogP) is 4.51. The van der Waals surface area contributed by atoms with Gasteiger partial charge in [-0.05, 0) is 53.8 Å². The van der Waals surface area contributed by atoms with Crippen LogP contribution >= 0.6 is 0 Å². The lowest BCUT2D eigenvalue weighted by Crippen LogP contribution is -2.17. The molecule has 0 aliphatic rings. The highest BCUT2D eigenvalue weighted by Crippen LogP contribution is 2.31. The maximum atomic E-state index is 11.9. The predicted molar refractivity (Wildman–Crippen MR) is 135 cm³/mol. The summed E-state index contributed by atoms with van der Waals surface area (Å²) < 4.78 is 10.8. The first-order chi connectivity index (χ1) is 17.6. The summed E-state index contributed by atoms with van der Waals surface area (Å²) in [6.45, 7) is 5.88. The van der Waals surface area contributed by atoms with E-state index in [2.05, 4.69) is 56.8 Å². The van der Waals surface area contributed by atoms with Crippen molar-refractivity contribution in [2.75, 3.05) is 13.2 Å². The summed E-state index contributed by atoms with van der Waals surface area (Å²) >= 11 is 0. The van der Waals surface area contributed by atoms with Crippen LogP contribution in [0.25, 0.3) is 22.5 Å². The second kappa shape index (κ2) is 12.0. The molecule has 0 atom stereocenters. The molecule has 36 heavy (non-hydrogen) atoms. The van der Waals surface area contributed by atoms with Crippen LogP contribution in [0.1, 0.15) is 49.3 Å². The zero-order chi connectivity index (χ0) is 25.3. The Morgan fingerprint density at radius 2 is 1.78 bits per heavy atom. The second-order valence-electron chi connectivity index (χ2n) is 8.37. The maximum absolute atomic E-state index is 11.9. The van der Waals surface area contributed by atoms with Crippen molar-refractivity contribution in [1.29, 1.82) is 0 Å². The van der Waals surface area contributed by atoms with Crippen LogP contribution in [-0.2, 0) is 22.4 Å². The number of nitrogens with zero attached hydrogens (tertiary/aromatic N) is 5. The highest BCUT2D eigenvalue weighted by molar-refractivity contribution is 5.80. The fourth-order valence-corrected chi connectivity index (χ4v) is 4.02. The average Bonchev–Trinajstić information content (AvgIpc) is 3.43. The number of esters is 1. The van der Waals surface area contributed by atoms with Gasteiger partial charge in [-0.2, -0.15) is 4.98 Å². The molecule has 0 amide bonds. The lowest BCUT2D eigenvalue weighted by atomic mass is 9.96. The van der Waals surface area contributed by atoms with Crippen LogP contribution in [0.15, 0.2) is 48.5 Å². The van der Waals surface area contributed by atoms with Crippen molar-refractivity contribution in [3.8, 4) is 28.4 Å². The molecule has 2 heterocycles. The number of benzene rings is 2. The number of hydrogen-bond donors (Lipinski definition) is 1. The van der Waals surface area contributed by atoms with Gasteiger partial charge in [-0.1, -0.05) is 61.9 Å². The van der Waals surface area contributed by atoms with Crippen LogP contribution in [-0.4, -0.2) is 49.8 Å². The molecule has 0 spiro atoms. The van der Waals surface area contributed by atoms with E-state index in [0.29, 0.717) is 30.6 Å². The molecule has 4 rings (SSSR count). The molecule has 2 aromatic heterocycles. The second-order valence-corrected chi connectivity index (χ2v) is 8.37. The molecule has 9 nitrogen and oxygen atoms in total. The third-order valence-electron chi connectivity index (χ3n) is 5.74. The van der Waals surface area contributed by atoms with Gasteiger partial charge in [-0.15, -0.1) is 5.10 Å². The summed E-state index contributed by atoms with van der Waals surface area (Å²) in [5.74, 6) is 1.27. The Bertz CT molecular complexity index is 1290. The van der Waals surface area contributed by atoms with Crippen LogP contribution in [0.2, 0.25) is 0 Å². The number of carbonyl (C=O) groups excluding carboxylic acids is 1. The molecule has 0 saturated heterocycles. The Kier molecular flexibility index (Phi) is 8.33. The molecular formula is C27H30N6O3. The molecular weight excluding hydrogens is 456 g/mol. The number of tetrazole rings is 1. The van der Waals surface area contributed by atoms with Crippen LogP contribution in [0.3, 0.4) is 0 Å². The summed E-state index contributed by atoms with van der Waals surface area (Å²) in [6.07, 6.45) is 3.47. The van der Waals surface area contributed by atoms with Crippen LogP contribution in [0, 0.1) is 6.92 Å². The molecule has 0 fully saturated rings. The molecule has 0 bridgehead atoms. The number of aromatic nitrogens is 6. The van der Waals surface area contributed by atoms with E-state index >= 15 is 0 Å². The molecule has 0 aliphatic carbocycles. The van der Waals surface area contributed by atoms with E-state index in [-0.39, 0.29) is 6.61 Å². The minimum Gasteiger partial charge on any atom is -0.465 e. The van der Waals surface area contributed by atoms with Crippen molar-refractivity contribution in [1.82, 2.24) is 30.6 Å². The molecule has 4 aromatic rings. The quantitative estimate of drug-likeness (QED) is 0.308. The highest BCUT2D eigenvalue weighted by Gasteiger charge is 2.17. The summed E-state index contributed by atoms with van der Waals surface area (Å²) in [5, 5.41) is 14.3. The van der Waals surface area contributed by atoms with Gasteiger partial charge in [0.1, 0.15) is 5.82 Å². The number of carbonyl (C=O) groups is 1. The lowest BCUT2D eigenvalue weighted by molar-refractivity contribution is -0.145. The van der Waals surface area contributed by atoms with E-state index in [1.54, 1.807) is 6.92 Å². The van der Waals surface area contributed by atoms with E-state index in [0.717, 1.165) is 52.8 Å². The SMILES string of the molecule is CCCCc1nc(C)nc(OCC(=O)OCC)c1Cc1ccc(-c2ccccc2-c2nnn[nH]2)cc1. The molecule has 1 N–H and O–H groups in total. The standard InChI is InChI=1S/C27H30N6O3/c1-4-6-11-24-23(27(29-18(3)28-24)36-17-25(34)35-5-2)16-19-12-14-20(15-13-19)21-9-7-8-10-22(21)26-30-32-33-31-26/h7-10,12-15H,4-6,11,16-17H2,1-3H3,(H,30,31,32,33). The minimum absolute atomic E-state index is 0.184. The number of unbranched alkanes of at least 4 members (excludes halogenated alkanes) is 1. The molecule has 0 unspecified atom stereocenters. The van der Waals surface area contributed by atoms with Gasteiger partial charge >= 0.3 is 5.97 Å². The molecule has 9 heteroatoms. The number of ether oxygens (including phenoxy) is 2. The first-order valence-corrected chi connectivity index (χ1v) is 12.2. The molecule has 0 aliphatic heterocycles. The number of H-pyrrole nitrogens is 1. The van der Waals surface area contributed by atoms with Gasteiger partial charge < -0.3 is 9.47 Å². The van der Waals surface area contributed by atoms with Gasteiger partial charge in [0.15, 0.2) is 12.4 Å². The smallest absolute Gasteiger partial charge is 0.344 e. The van der Waals surface area contributed by atoms with Crippen molar-refractivity contribution >= 4 is 5.97 Å². The summed E-state index contributed by atoms with van der Waals surface area (Å²) in [4.78, 5) is 21.1. The summed E-state index contributed by atoms with van der Waals surface area (Å²) in [6, 6.07) is 16.3. The van der Waals surface area contributed by atoms with E-state index < -0.39 is 5.97 Å². The van der Waals surface area contributed by atoms with Crippen molar-refractivity contribution < 1.29 is 14.3 Å². The summed E-state index contributed by atoms with van der Waals surface area (Å²) in [5.41, 5.74) is 5.95. The van der Waals surface area contributed by atoms with E-state index in [1.807, 2.05) is 31.2 Å². The molecule has 186 valence electrons. The number of rotatable bonds is 11. The number of nitrogens with one attached hydrogen (secondary N) is 1. The van der Waals surface area contributed by atoms with Crippen molar-refractivity contribution in [3.63, 3.8) is 0 Å². The molecule has 0 saturated carbocycles. The van der Waals surface area contributed by atoms with Gasteiger partial charge in [0.2, 0.25) is 5.88 Å². The van der Waals surface area contributed by atoms with Gasteiger partial charge in [0.25, 0.3) is 0 Å². The fraction of sp³-hybridized carbons (Fsp3) is 0.333. The lowest BCUT2D eigenvalue weighted by Gasteiger charge is -2.15. The monoisotopic (exact) mass is 486 g/mol. The molecule has 0 radical (unpaired) electrons. The Balaban J connectivity index is 1.62. The average molecular weight is 487 g/mol. The fourth-order valence-electron chi connectivity index (χ4n) is 4.02. The van der Waals surface area contributed by atoms with Crippen molar-refractivity contribution in [2.45, 2.75) is 46.5 Å². The Morgan fingerprint density at radius 3 is 2.47 bits per heavy atom. The third-order valence-corrected chi connectivity index (χ3v) is 5.74.